The summed E-state index contributed by atoms with van der Waals surface area (Å²) >= 11 is 0. The summed E-state index contributed by atoms with van der Waals surface area (Å²) in [5, 5.41) is 15.5. The van der Waals surface area contributed by atoms with Gasteiger partial charge in [0.2, 0.25) is 0 Å². The molecule has 0 aromatic heterocycles. The fourth-order valence-electron chi connectivity index (χ4n) is 1.97. The number of aliphatic hydroxyl groups excluding tert-OH is 1. The highest BCUT2D eigenvalue weighted by Gasteiger charge is 2.20. The van der Waals surface area contributed by atoms with Gasteiger partial charge in [0.1, 0.15) is 0 Å². The molecule has 15 heavy (non-hydrogen) atoms. The topological polar surface area (TPSA) is 87.4 Å². The lowest BCUT2D eigenvalue weighted by atomic mass is 10.1. The Balaban J connectivity index is 2.15. The van der Waals surface area contributed by atoms with Crippen molar-refractivity contribution in [1.82, 2.24) is 10.6 Å². The van der Waals surface area contributed by atoms with Crippen LogP contribution in [0.4, 0.5) is 4.79 Å². The average molecular weight is 215 g/mol. The minimum absolute atomic E-state index is 0.169. The third-order valence-corrected chi connectivity index (χ3v) is 2.81. The van der Waals surface area contributed by atoms with E-state index in [-0.39, 0.29) is 12.1 Å². The van der Waals surface area contributed by atoms with Gasteiger partial charge in [-0.1, -0.05) is 19.3 Å². The second-order valence-corrected chi connectivity index (χ2v) is 4.06. The van der Waals surface area contributed by atoms with Crippen molar-refractivity contribution >= 4 is 6.03 Å². The molecule has 0 aliphatic heterocycles. The number of primary amides is 1. The number of rotatable bonds is 4. The number of carbonyl (C=O) groups is 1. The number of carbonyl (C=O) groups excluding carboxylic acids is 1. The second kappa shape index (κ2) is 6.63. The van der Waals surface area contributed by atoms with Crippen molar-refractivity contribution < 1.29 is 9.90 Å². The molecule has 1 fully saturated rings. The summed E-state index contributed by atoms with van der Waals surface area (Å²) < 4.78 is 0. The molecule has 5 heteroatoms. The molecular formula is C10H21N3O2. The van der Waals surface area contributed by atoms with Crippen LogP contribution in [0.15, 0.2) is 0 Å². The van der Waals surface area contributed by atoms with Crippen LogP contribution in [0.25, 0.3) is 0 Å². The first kappa shape index (κ1) is 12.3. The predicted octanol–water partition coefficient (Wildman–Crippen LogP) is -0.0621. The first-order chi connectivity index (χ1) is 7.20. The van der Waals surface area contributed by atoms with Crippen LogP contribution in [0.2, 0.25) is 0 Å². The first-order valence-corrected chi connectivity index (χ1v) is 5.65. The van der Waals surface area contributed by atoms with E-state index in [1.807, 2.05) is 0 Å². The SMILES string of the molecule is NC(=O)NCCNC1CCCCCC1O. The van der Waals surface area contributed by atoms with Gasteiger partial charge in [-0.2, -0.15) is 0 Å². The third kappa shape index (κ3) is 4.99. The lowest BCUT2D eigenvalue weighted by Crippen LogP contribution is -2.43. The largest absolute Gasteiger partial charge is 0.392 e. The molecule has 0 aromatic rings. The number of hydrogen-bond donors (Lipinski definition) is 4. The van der Waals surface area contributed by atoms with Crippen LogP contribution in [-0.2, 0) is 0 Å². The minimum atomic E-state index is -0.502. The molecule has 5 nitrogen and oxygen atoms in total. The van der Waals surface area contributed by atoms with E-state index in [1.54, 1.807) is 0 Å². The molecule has 2 unspecified atom stereocenters. The van der Waals surface area contributed by atoms with Crippen molar-refractivity contribution in [1.29, 1.82) is 0 Å². The van der Waals surface area contributed by atoms with Gasteiger partial charge in [-0.15, -0.1) is 0 Å². The molecule has 0 saturated heterocycles. The average Bonchev–Trinajstić information content (AvgIpc) is 2.38. The van der Waals surface area contributed by atoms with Crippen LogP contribution in [0.3, 0.4) is 0 Å². The fourth-order valence-corrected chi connectivity index (χ4v) is 1.97. The van der Waals surface area contributed by atoms with E-state index in [2.05, 4.69) is 10.6 Å². The Bertz CT molecular complexity index is 199. The van der Waals surface area contributed by atoms with Gasteiger partial charge < -0.3 is 21.5 Å². The summed E-state index contributed by atoms with van der Waals surface area (Å²) in [6.45, 7) is 1.17. The molecule has 0 aromatic carbocycles. The molecule has 5 N–H and O–H groups in total. The number of hydrogen-bond acceptors (Lipinski definition) is 3. The molecule has 0 heterocycles. The summed E-state index contributed by atoms with van der Waals surface area (Å²) in [6.07, 6.45) is 5.12. The van der Waals surface area contributed by atoms with Gasteiger partial charge >= 0.3 is 6.03 Å². The second-order valence-electron chi connectivity index (χ2n) is 4.06. The third-order valence-electron chi connectivity index (χ3n) is 2.81. The molecule has 1 aliphatic carbocycles. The molecule has 1 saturated carbocycles. The van der Waals surface area contributed by atoms with Gasteiger partial charge in [-0.3, -0.25) is 0 Å². The lowest BCUT2D eigenvalue weighted by molar-refractivity contribution is 0.120. The summed E-state index contributed by atoms with van der Waals surface area (Å²) in [5.41, 5.74) is 4.94. The van der Waals surface area contributed by atoms with E-state index in [1.165, 1.54) is 6.42 Å². The first-order valence-electron chi connectivity index (χ1n) is 5.65. The number of nitrogens with two attached hydrogens (primary N) is 1. The van der Waals surface area contributed by atoms with Crippen molar-refractivity contribution in [3.05, 3.63) is 0 Å². The minimum Gasteiger partial charge on any atom is -0.392 e. The molecule has 0 radical (unpaired) electrons. The lowest BCUT2D eigenvalue weighted by Gasteiger charge is -2.21. The van der Waals surface area contributed by atoms with E-state index in [9.17, 15) is 9.90 Å². The maximum absolute atomic E-state index is 10.4. The van der Waals surface area contributed by atoms with Crippen molar-refractivity contribution in [2.24, 2.45) is 5.73 Å². The van der Waals surface area contributed by atoms with E-state index < -0.39 is 6.03 Å². The normalized spacial score (nSPS) is 27.0. The standard InChI is InChI=1S/C10H21N3O2/c11-10(15)13-7-6-12-8-4-2-1-3-5-9(8)14/h8-9,12,14H,1-7H2,(H3,11,13,15). The number of urea groups is 1. The van der Waals surface area contributed by atoms with Gasteiger partial charge in [-0.25, -0.2) is 4.79 Å². The zero-order valence-electron chi connectivity index (χ0n) is 9.04. The fraction of sp³-hybridized carbons (Fsp3) is 0.900. The van der Waals surface area contributed by atoms with E-state index in [0.29, 0.717) is 13.1 Å². The Morgan fingerprint density at radius 1 is 1.27 bits per heavy atom. The summed E-state index contributed by atoms with van der Waals surface area (Å²) in [4.78, 5) is 10.4. The summed E-state index contributed by atoms with van der Waals surface area (Å²) in [5.74, 6) is 0. The van der Waals surface area contributed by atoms with Crippen molar-refractivity contribution in [3.63, 3.8) is 0 Å². The predicted molar refractivity (Wildman–Crippen MR) is 58.5 cm³/mol. The molecule has 88 valence electrons. The molecule has 1 aliphatic rings. The van der Waals surface area contributed by atoms with Gasteiger partial charge in [0.25, 0.3) is 0 Å². The van der Waals surface area contributed by atoms with Crippen molar-refractivity contribution in [2.45, 2.75) is 44.2 Å². The Hall–Kier alpha value is -0.810. The Morgan fingerprint density at radius 2 is 2.00 bits per heavy atom. The molecule has 0 bridgehead atoms. The van der Waals surface area contributed by atoms with Crippen LogP contribution in [-0.4, -0.2) is 36.4 Å². The van der Waals surface area contributed by atoms with Gasteiger partial charge in [0.15, 0.2) is 0 Å². The maximum Gasteiger partial charge on any atom is 0.312 e. The molecule has 1 rings (SSSR count). The van der Waals surface area contributed by atoms with E-state index in [4.69, 9.17) is 5.73 Å². The summed E-state index contributed by atoms with van der Waals surface area (Å²) in [6, 6.07) is -0.333. The Kier molecular flexibility index (Phi) is 5.42. The summed E-state index contributed by atoms with van der Waals surface area (Å²) in [7, 11) is 0. The Morgan fingerprint density at radius 3 is 2.73 bits per heavy atom. The van der Waals surface area contributed by atoms with Crippen molar-refractivity contribution in [2.75, 3.05) is 13.1 Å². The molecule has 2 amide bonds. The van der Waals surface area contributed by atoms with E-state index >= 15 is 0 Å². The zero-order valence-corrected chi connectivity index (χ0v) is 9.04. The zero-order chi connectivity index (χ0) is 11.1. The molecule has 2 atom stereocenters. The molecule has 0 spiro atoms. The van der Waals surface area contributed by atoms with Crippen LogP contribution in [0.1, 0.15) is 32.1 Å². The van der Waals surface area contributed by atoms with Crippen LogP contribution >= 0.6 is 0 Å². The van der Waals surface area contributed by atoms with Crippen LogP contribution in [0, 0.1) is 0 Å². The van der Waals surface area contributed by atoms with Gasteiger partial charge in [-0.05, 0) is 12.8 Å². The maximum atomic E-state index is 10.4. The number of amides is 2. The van der Waals surface area contributed by atoms with Crippen LogP contribution < -0.4 is 16.4 Å². The van der Waals surface area contributed by atoms with Gasteiger partial charge in [0, 0.05) is 19.1 Å². The number of aliphatic hydroxyl groups is 1. The highest BCUT2D eigenvalue weighted by atomic mass is 16.3. The monoisotopic (exact) mass is 215 g/mol. The van der Waals surface area contributed by atoms with E-state index in [0.717, 1.165) is 25.7 Å². The highest BCUT2D eigenvalue weighted by Crippen LogP contribution is 2.17. The quantitative estimate of drug-likeness (QED) is 0.391. The number of nitrogens with one attached hydrogen (secondary N) is 2. The highest BCUT2D eigenvalue weighted by molar-refractivity contribution is 5.71. The van der Waals surface area contributed by atoms with Crippen molar-refractivity contribution in [3.8, 4) is 0 Å². The van der Waals surface area contributed by atoms with Gasteiger partial charge in [0.05, 0.1) is 6.10 Å². The smallest absolute Gasteiger partial charge is 0.312 e. The Labute approximate surface area is 90.4 Å². The molecular weight excluding hydrogens is 194 g/mol. The van der Waals surface area contributed by atoms with Crippen LogP contribution in [0.5, 0.6) is 0 Å².